The maximum atomic E-state index is 12.6. The number of halogens is 1. The zero-order valence-electron chi connectivity index (χ0n) is 21.6. The van der Waals surface area contributed by atoms with Crippen LogP contribution >= 0.6 is 11.6 Å². The van der Waals surface area contributed by atoms with Crippen molar-refractivity contribution in [2.45, 2.75) is 39.2 Å². The van der Waals surface area contributed by atoms with Crippen LogP contribution in [0, 0.1) is 11.3 Å². The number of amides is 1. The SMILES string of the molecule is CCCCCCOc1ccc(OCCOc2ccc(Cl)cc2/C=C(\C#N)C(=O)NCc2ccccc2)cc1. The lowest BCUT2D eigenvalue weighted by molar-refractivity contribution is -0.117. The number of hydrogen-bond acceptors (Lipinski definition) is 5. The van der Waals surface area contributed by atoms with E-state index >= 15 is 0 Å². The molecule has 0 aliphatic carbocycles. The third-order valence-corrected chi connectivity index (χ3v) is 5.87. The smallest absolute Gasteiger partial charge is 0.262 e. The summed E-state index contributed by atoms with van der Waals surface area (Å²) in [5.74, 6) is 1.56. The van der Waals surface area contributed by atoms with E-state index in [9.17, 15) is 10.1 Å². The van der Waals surface area contributed by atoms with Crippen LogP contribution in [0.5, 0.6) is 17.2 Å². The van der Waals surface area contributed by atoms with E-state index in [1.54, 1.807) is 18.2 Å². The van der Waals surface area contributed by atoms with E-state index in [2.05, 4.69) is 12.2 Å². The van der Waals surface area contributed by atoms with E-state index < -0.39 is 5.91 Å². The quantitative estimate of drug-likeness (QED) is 0.130. The molecule has 7 heteroatoms. The Hall–Kier alpha value is -3.95. The molecule has 1 amide bonds. The van der Waals surface area contributed by atoms with Crippen LogP contribution in [-0.4, -0.2) is 25.7 Å². The van der Waals surface area contributed by atoms with Crippen LogP contribution in [0.2, 0.25) is 5.02 Å². The van der Waals surface area contributed by atoms with Gasteiger partial charge >= 0.3 is 0 Å². The summed E-state index contributed by atoms with van der Waals surface area (Å²) >= 11 is 6.17. The molecule has 1 N–H and O–H groups in total. The lowest BCUT2D eigenvalue weighted by Crippen LogP contribution is -2.23. The zero-order valence-corrected chi connectivity index (χ0v) is 22.4. The van der Waals surface area contributed by atoms with E-state index in [1.165, 1.54) is 25.3 Å². The topological polar surface area (TPSA) is 80.6 Å². The Morgan fingerprint density at radius 1 is 0.895 bits per heavy atom. The maximum absolute atomic E-state index is 12.6. The van der Waals surface area contributed by atoms with Crippen molar-refractivity contribution in [2.75, 3.05) is 19.8 Å². The second-order valence-corrected chi connectivity index (χ2v) is 9.03. The Morgan fingerprint density at radius 3 is 2.26 bits per heavy atom. The molecule has 0 spiro atoms. The maximum Gasteiger partial charge on any atom is 0.262 e. The molecule has 0 radical (unpaired) electrons. The molecule has 0 fully saturated rings. The summed E-state index contributed by atoms with van der Waals surface area (Å²) in [5, 5.41) is 12.8. The summed E-state index contributed by atoms with van der Waals surface area (Å²) in [7, 11) is 0. The molecule has 0 bridgehead atoms. The molecule has 0 saturated heterocycles. The van der Waals surface area contributed by atoms with Crippen molar-refractivity contribution >= 4 is 23.6 Å². The van der Waals surface area contributed by atoms with Crippen LogP contribution in [0.1, 0.15) is 43.7 Å². The van der Waals surface area contributed by atoms with Gasteiger partial charge in [0, 0.05) is 17.1 Å². The van der Waals surface area contributed by atoms with Gasteiger partial charge in [-0.25, -0.2) is 0 Å². The van der Waals surface area contributed by atoms with E-state index in [0.29, 0.717) is 41.8 Å². The number of unbranched alkanes of at least 4 members (excludes halogenated alkanes) is 3. The molecule has 198 valence electrons. The van der Waals surface area contributed by atoms with Gasteiger partial charge in [-0.1, -0.05) is 68.1 Å². The molecule has 0 heterocycles. The average molecular weight is 533 g/mol. The zero-order chi connectivity index (χ0) is 27.0. The summed E-state index contributed by atoms with van der Waals surface area (Å²) in [6, 6.07) is 24.0. The van der Waals surface area contributed by atoms with Gasteiger partial charge in [0.1, 0.15) is 42.1 Å². The molecule has 0 aliphatic heterocycles. The fourth-order valence-electron chi connectivity index (χ4n) is 3.60. The van der Waals surface area contributed by atoms with Gasteiger partial charge in [-0.15, -0.1) is 0 Å². The van der Waals surface area contributed by atoms with Gasteiger partial charge in [-0.2, -0.15) is 5.26 Å². The van der Waals surface area contributed by atoms with Gasteiger partial charge in [-0.3, -0.25) is 4.79 Å². The number of ether oxygens (including phenoxy) is 3. The summed E-state index contributed by atoms with van der Waals surface area (Å²) in [6.45, 7) is 3.80. The molecule has 0 aromatic heterocycles. The highest BCUT2D eigenvalue weighted by molar-refractivity contribution is 6.30. The molecule has 6 nitrogen and oxygen atoms in total. The minimum Gasteiger partial charge on any atom is -0.494 e. The van der Waals surface area contributed by atoms with Crippen molar-refractivity contribution in [3.63, 3.8) is 0 Å². The number of rotatable bonds is 15. The Kier molecular flexibility index (Phi) is 12.1. The van der Waals surface area contributed by atoms with Gasteiger partial charge in [-0.05, 0) is 60.5 Å². The van der Waals surface area contributed by atoms with Gasteiger partial charge in [0.05, 0.1) is 6.61 Å². The molecule has 0 saturated carbocycles. The molecule has 38 heavy (non-hydrogen) atoms. The minimum absolute atomic E-state index is 0.0445. The normalized spacial score (nSPS) is 10.9. The van der Waals surface area contributed by atoms with E-state index in [0.717, 1.165) is 17.7 Å². The van der Waals surface area contributed by atoms with Crippen molar-refractivity contribution in [1.29, 1.82) is 5.26 Å². The first-order valence-electron chi connectivity index (χ1n) is 12.8. The molecule has 0 unspecified atom stereocenters. The lowest BCUT2D eigenvalue weighted by Gasteiger charge is -2.12. The Morgan fingerprint density at radius 2 is 1.58 bits per heavy atom. The van der Waals surface area contributed by atoms with E-state index in [-0.39, 0.29) is 12.2 Å². The highest BCUT2D eigenvalue weighted by Crippen LogP contribution is 2.26. The third kappa shape index (κ3) is 9.84. The average Bonchev–Trinajstić information content (AvgIpc) is 2.94. The van der Waals surface area contributed by atoms with Crippen molar-refractivity contribution in [3.8, 4) is 23.3 Å². The Balaban J connectivity index is 1.51. The van der Waals surface area contributed by atoms with Crippen molar-refractivity contribution in [1.82, 2.24) is 5.32 Å². The number of nitrogens with one attached hydrogen (secondary N) is 1. The number of hydrogen-bond donors (Lipinski definition) is 1. The second kappa shape index (κ2) is 16.0. The van der Waals surface area contributed by atoms with Crippen LogP contribution in [-0.2, 0) is 11.3 Å². The molecule has 3 aromatic carbocycles. The molecule has 3 rings (SSSR count). The Bertz CT molecular complexity index is 1220. The van der Waals surface area contributed by atoms with Crippen LogP contribution in [0.4, 0.5) is 0 Å². The Labute approximate surface area is 229 Å². The molecular weight excluding hydrogens is 500 g/mol. The largest absolute Gasteiger partial charge is 0.494 e. The molecule has 0 aliphatic rings. The summed E-state index contributed by atoms with van der Waals surface area (Å²) < 4.78 is 17.4. The van der Waals surface area contributed by atoms with E-state index in [4.69, 9.17) is 25.8 Å². The standard InChI is InChI=1S/C31H33ClN2O4/c1-2-3-4-8-17-36-28-12-14-29(15-13-28)37-18-19-38-30-16-11-27(32)21-25(30)20-26(22-33)31(35)34-23-24-9-6-5-7-10-24/h5-7,9-16,20-21H,2-4,8,17-19,23H2,1H3,(H,34,35)/b26-20+. The number of benzene rings is 3. The van der Waals surface area contributed by atoms with Crippen molar-refractivity contribution in [2.24, 2.45) is 0 Å². The molecular formula is C31H33ClN2O4. The number of nitrogens with zero attached hydrogens (tertiary/aromatic N) is 1. The highest BCUT2D eigenvalue weighted by Gasteiger charge is 2.12. The first-order chi connectivity index (χ1) is 18.6. The van der Waals surface area contributed by atoms with Gasteiger partial charge in [0.25, 0.3) is 5.91 Å². The third-order valence-electron chi connectivity index (χ3n) is 5.63. The monoisotopic (exact) mass is 532 g/mol. The predicted molar refractivity (Wildman–Crippen MR) is 150 cm³/mol. The van der Waals surface area contributed by atoms with Crippen molar-refractivity contribution in [3.05, 3.63) is 94.5 Å². The first kappa shape index (κ1) is 28.6. The van der Waals surface area contributed by atoms with Gasteiger partial charge in [0.2, 0.25) is 0 Å². The van der Waals surface area contributed by atoms with Crippen LogP contribution in [0.15, 0.2) is 78.4 Å². The number of carbonyl (C=O) groups excluding carboxylic acids is 1. The summed E-state index contributed by atoms with van der Waals surface area (Å²) in [5.41, 5.74) is 1.43. The summed E-state index contributed by atoms with van der Waals surface area (Å²) in [4.78, 5) is 12.6. The van der Waals surface area contributed by atoms with Crippen LogP contribution < -0.4 is 19.5 Å². The predicted octanol–water partition coefficient (Wildman–Crippen LogP) is 6.98. The number of carbonyl (C=O) groups is 1. The molecule has 3 aromatic rings. The van der Waals surface area contributed by atoms with E-state index in [1.807, 2.05) is 60.7 Å². The minimum atomic E-state index is -0.473. The van der Waals surface area contributed by atoms with Gasteiger partial charge < -0.3 is 19.5 Å². The van der Waals surface area contributed by atoms with Crippen LogP contribution in [0.25, 0.3) is 6.08 Å². The fraction of sp³-hybridized carbons (Fsp3) is 0.290. The lowest BCUT2D eigenvalue weighted by atomic mass is 10.1. The second-order valence-electron chi connectivity index (χ2n) is 8.60. The summed E-state index contributed by atoms with van der Waals surface area (Å²) in [6.07, 6.45) is 6.15. The highest BCUT2D eigenvalue weighted by atomic mass is 35.5. The molecule has 0 atom stereocenters. The fourth-order valence-corrected chi connectivity index (χ4v) is 3.78. The first-order valence-corrected chi connectivity index (χ1v) is 13.2. The van der Waals surface area contributed by atoms with Crippen molar-refractivity contribution < 1.29 is 19.0 Å². The number of nitriles is 1. The van der Waals surface area contributed by atoms with Gasteiger partial charge in [0.15, 0.2) is 0 Å². The van der Waals surface area contributed by atoms with Crippen LogP contribution in [0.3, 0.4) is 0 Å².